The van der Waals surface area contributed by atoms with Crippen molar-refractivity contribution in [3.63, 3.8) is 0 Å². The van der Waals surface area contributed by atoms with Crippen molar-refractivity contribution in [2.45, 2.75) is 19.2 Å². The van der Waals surface area contributed by atoms with Gasteiger partial charge in [0, 0.05) is 9.80 Å². The fraction of sp³-hybridized carbons (Fsp3) is 0.364. The molecule has 0 spiro atoms. The van der Waals surface area contributed by atoms with Crippen LogP contribution in [0.3, 0.4) is 0 Å². The van der Waals surface area contributed by atoms with Gasteiger partial charge in [0.1, 0.15) is 0 Å². The van der Waals surface area contributed by atoms with E-state index < -0.39 is 0 Å². The van der Waals surface area contributed by atoms with Crippen molar-refractivity contribution in [3.8, 4) is 0 Å². The van der Waals surface area contributed by atoms with Crippen LogP contribution < -0.4 is 0 Å². The normalized spacial score (nSPS) is 10.1. The second kappa shape index (κ2) is 5.66. The summed E-state index contributed by atoms with van der Waals surface area (Å²) in [4.78, 5) is 11.6. The highest BCUT2D eigenvalue weighted by molar-refractivity contribution is 9.10. The summed E-state index contributed by atoms with van der Waals surface area (Å²) in [6.45, 7) is 4.20. The van der Waals surface area contributed by atoms with Crippen LogP contribution in [0.15, 0.2) is 16.6 Å². The molecule has 0 fully saturated rings. The number of hydrogen-bond donors (Lipinski definition) is 0. The molecule has 2 nitrogen and oxygen atoms in total. The minimum Gasteiger partial charge on any atom is -0.462 e. The first-order valence-electron chi connectivity index (χ1n) is 4.62. The Kier molecular flexibility index (Phi) is 4.80. The van der Waals surface area contributed by atoms with E-state index in [0.29, 0.717) is 12.2 Å². The SMILES string of the molecule is CCOC(=O)c1cc(CBr)c(C)cc1Br. The molecular formula is C11H12Br2O2. The molecule has 0 heterocycles. The zero-order valence-electron chi connectivity index (χ0n) is 8.64. The Balaban J connectivity index is 3.12. The number of benzene rings is 1. The lowest BCUT2D eigenvalue weighted by Gasteiger charge is -2.08. The lowest BCUT2D eigenvalue weighted by Crippen LogP contribution is -2.06. The summed E-state index contributed by atoms with van der Waals surface area (Å²) in [5.74, 6) is -0.286. The molecule has 0 aliphatic carbocycles. The number of rotatable bonds is 3. The highest BCUT2D eigenvalue weighted by atomic mass is 79.9. The largest absolute Gasteiger partial charge is 0.462 e. The van der Waals surface area contributed by atoms with Crippen LogP contribution in [0.1, 0.15) is 28.4 Å². The Morgan fingerprint density at radius 3 is 2.67 bits per heavy atom. The summed E-state index contributed by atoms with van der Waals surface area (Å²) < 4.78 is 5.74. The molecule has 0 aromatic heterocycles. The van der Waals surface area contributed by atoms with Crippen molar-refractivity contribution in [3.05, 3.63) is 33.3 Å². The molecule has 15 heavy (non-hydrogen) atoms. The predicted molar refractivity (Wildman–Crippen MR) is 67.5 cm³/mol. The molecule has 1 aromatic rings. The molecule has 4 heteroatoms. The van der Waals surface area contributed by atoms with Crippen molar-refractivity contribution in [2.24, 2.45) is 0 Å². The minimum atomic E-state index is -0.286. The lowest BCUT2D eigenvalue weighted by atomic mass is 10.1. The van der Waals surface area contributed by atoms with Gasteiger partial charge in [0.2, 0.25) is 0 Å². The van der Waals surface area contributed by atoms with Gasteiger partial charge in [-0.25, -0.2) is 4.79 Å². The van der Waals surface area contributed by atoms with E-state index in [-0.39, 0.29) is 5.97 Å². The molecule has 0 radical (unpaired) electrons. The number of carbonyl (C=O) groups is 1. The minimum absolute atomic E-state index is 0.286. The first kappa shape index (κ1) is 12.7. The highest BCUT2D eigenvalue weighted by Crippen LogP contribution is 2.24. The van der Waals surface area contributed by atoms with E-state index in [4.69, 9.17) is 4.74 Å². The Labute approximate surface area is 106 Å². The predicted octanol–water partition coefficient (Wildman–Crippen LogP) is 3.83. The second-order valence-corrected chi connectivity index (χ2v) is 4.53. The van der Waals surface area contributed by atoms with Crippen LogP contribution >= 0.6 is 31.9 Å². The van der Waals surface area contributed by atoms with Crippen molar-refractivity contribution >= 4 is 37.8 Å². The summed E-state index contributed by atoms with van der Waals surface area (Å²) in [6, 6.07) is 3.79. The molecule has 82 valence electrons. The zero-order valence-corrected chi connectivity index (χ0v) is 11.8. The first-order chi connectivity index (χ1) is 7.10. The van der Waals surface area contributed by atoms with Gasteiger partial charge in [0.15, 0.2) is 0 Å². The van der Waals surface area contributed by atoms with Gasteiger partial charge in [-0.1, -0.05) is 15.9 Å². The van der Waals surface area contributed by atoms with Crippen LogP contribution in [0, 0.1) is 6.92 Å². The van der Waals surface area contributed by atoms with Crippen LogP contribution in [-0.4, -0.2) is 12.6 Å². The standard InChI is InChI=1S/C11H12Br2O2/c1-3-15-11(14)9-5-8(6-12)7(2)4-10(9)13/h4-5H,3,6H2,1-2H3. The maximum absolute atomic E-state index is 11.6. The molecule has 0 atom stereocenters. The highest BCUT2D eigenvalue weighted by Gasteiger charge is 2.13. The monoisotopic (exact) mass is 334 g/mol. The number of esters is 1. The fourth-order valence-corrected chi connectivity index (χ4v) is 2.45. The zero-order chi connectivity index (χ0) is 11.4. The van der Waals surface area contributed by atoms with Crippen molar-refractivity contribution < 1.29 is 9.53 Å². The third kappa shape index (κ3) is 3.05. The van der Waals surface area contributed by atoms with Crippen LogP contribution in [0.4, 0.5) is 0 Å². The van der Waals surface area contributed by atoms with Gasteiger partial charge in [0.25, 0.3) is 0 Å². The van der Waals surface area contributed by atoms with Crippen LogP contribution in [0.2, 0.25) is 0 Å². The van der Waals surface area contributed by atoms with E-state index in [1.165, 1.54) is 0 Å². The Morgan fingerprint density at radius 2 is 2.13 bits per heavy atom. The smallest absolute Gasteiger partial charge is 0.339 e. The number of hydrogen-bond acceptors (Lipinski definition) is 2. The molecule has 0 amide bonds. The van der Waals surface area contributed by atoms with E-state index in [0.717, 1.165) is 20.9 Å². The Hall–Kier alpha value is -0.350. The molecule has 1 rings (SSSR count). The maximum Gasteiger partial charge on any atom is 0.339 e. The Bertz CT molecular complexity index is 375. The van der Waals surface area contributed by atoms with Crippen LogP contribution in [-0.2, 0) is 10.1 Å². The summed E-state index contributed by atoms with van der Waals surface area (Å²) in [7, 11) is 0. The van der Waals surface area contributed by atoms with Gasteiger partial charge in [-0.3, -0.25) is 0 Å². The number of alkyl halides is 1. The van der Waals surface area contributed by atoms with Gasteiger partial charge in [0.05, 0.1) is 12.2 Å². The van der Waals surface area contributed by atoms with E-state index in [1.807, 2.05) is 19.1 Å². The average Bonchev–Trinajstić information content (AvgIpc) is 2.18. The van der Waals surface area contributed by atoms with Crippen LogP contribution in [0.25, 0.3) is 0 Å². The third-order valence-electron chi connectivity index (χ3n) is 2.06. The van der Waals surface area contributed by atoms with Gasteiger partial charge >= 0.3 is 5.97 Å². The third-order valence-corrected chi connectivity index (χ3v) is 3.33. The van der Waals surface area contributed by atoms with Crippen molar-refractivity contribution in [1.82, 2.24) is 0 Å². The van der Waals surface area contributed by atoms with Gasteiger partial charge in [-0.05, 0) is 53.0 Å². The van der Waals surface area contributed by atoms with Gasteiger partial charge in [-0.15, -0.1) is 0 Å². The first-order valence-corrected chi connectivity index (χ1v) is 6.53. The summed E-state index contributed by atoms with van der Waals surface area (Å²) in [5.41, 5.74) is 2.82. The van der Waals surface area contributed by atoms with Crippen molar-refractivity contribution in [2.75, 3.05) is 6.61 Å². The molecule has 0 saturated heterocycles. The lowest BCUT2D eigenvalue weighted by molar-refractivity contribution is 0.0525. The topological polar surface area (TPSA) is 26.3 Å². The Morgan fingerprint density at radius 1 is 1.47 bits per heavy atom. The molecule has 0 N–H and O–H groups in total. The van der Waals surface area contributed by atoms with Gasteiger partial charge < -0.3 is 4.74 Å². The number of ether oxygens (including phenoxy) is 1. The number of carbonyl (C=O) groups excluding carboxylic acids is 1. The van der Waals surface area contributed by atoms with Gasteiger partial charge in [-0.2, -0.15) is 0 Å². The maximum atomic E-state index is 11.6. The molecule has 0 bridgehead atoms. The molecule has 0 unspecified atom stereocenters. The molecular weight excluding hydrogens is 324 g/mol. The summed E-state index contributed by atoms with van der Waals surface area (Å²) in [6.07, 6.45) is 0. The van der Waals surface area contributed by atoms with E-state index in [1.54, 1.807) is 6.92 Å². The fourth-order valence-electron chi connectivity index (χ4n) is 1.23. The second-order valence-electron chi connectivity index (χ2n) is 3.11. The average molecular weight is 336 g/mol. The molecule has 0 saturated carbocycles. The number of aryl methyl sites for hydroxylation is 1. The molecule has 0 aliphatic rings. The summed E-state index contributed by atoms with van der Waals surface area (Å²) >= 11 is 6.75. The van der Waals surface area contributed by atoms with E-state index in [9.17, 15) is 4.79 Å². The molecule has 1 aromatic carbocycles. The van der Waals surface area contributed by atoms with E-state index in [2.05, 4.69) is 31.9 Å². The summed E-state index contributed by atoms with van der Waals surface area (Å²) in [5, 5.41) is 0.735. The molecule has 0 aliphatic heterocycles. The van der Waals surface area contributed by atoms with Crippen molar-refractivity contribution in [1.29, 1.82) is 0 Å². The van der Waals surface area contributed by atoms with Crippen LogP contribution in [0.5, 0.6) is 0 Å². The van der Waals surface area contributed by atoms with E-state index >= 15 is 0 Å². The quantitative estimate of drug-likeness (QED) is 0.620. The number of halogens is 2.